The van der Waals surface area contributed by atoms with Gasteiger partial charge in [0.2, 0.25) is 0 Å². The number of hydrogen-bond acceptors (Lipinski definition) is 3. The molecule has 4 aromatic rings. The fourth-order valence-corrected chi connectivity index (χ4v) is 5.13. The number of rotatable bonds is 4. The van der Waals surface area contributed by atoms with Gasteiger partial charge in [0.05, 0.1) is 5.69 Å². The second-order valence-electron chi connectivity index (χ2n) is 9.32. The molecule has 0 atom stereocenters. The molecule has 1 saturated heterocycles. The minimum absolute atomic E-state index is 0.0493. The van der Waals surface area contributed by atoms with Crippen molar-refractivity contribution < 1.29 is 9.59 Å². The number of benzene rings is 3. The molecule has 0 aliphatic carbocycles. The van der Waals surface area contributed by atoms with Crippen LogP contribution in [0.1, 0.15) is 28.1 Å². The molecule has 2 amide bonds. The number of nitrogens with zero attached hydrogens (tertiary/aromatic N) is 2. The zero-order valence-corrected chi connectivity index (χ0v) is 22.0. The Bertz CT molecular complexity index is 1580. The average Bonchev–Trinajstić information content (AvgIpc) is 3.16. The van der Waals surface area contributed by atoms with Crippen LogP contribution in [0.5, 0.6) is 0 Å². The fraction of sp³-hybridized carbons (Fsp3) is 0.129. The number of thiocarbonyl (C=S) groups is 1. The van der Waals surface area contributed by atoms with Gasteiger partial charge in [0.25, 0.3) is 11.8 Å². The van der Waals surface area contributed by atoms with Gasteiger partial charge in [-0.15, -0.1) is 0 Å². The van der Waals surface area contributed by atoms with Gasteiger partial charge in [0.1, 0.15) is 5.57 Å². The van der Waals surface area contributed by atoms with E-state index in [0.717, 1.165) is 44.9 Å². The number of nitrogens with one attached hydrogen (secondary N) is 1. The Morgan fingerprint density at radius 3 is 2.16 bits per heavy atom. The molecule has 2 heterocycles. The van der Waals surface area contributed by atoms with Crippen LogP contribution in [-0.2, 0) is 9.59 Å². The minimum Gasteiger partial charge on any atom is -0.318 e. The van der Waals surface area contributed by atoms with Gasteiger partial charge >= 0.3 is 0 Å². The van der Waals surface area contributed by atoms with Crippen molar-refractivity contribution in [3.8, 4) is 16.8 Å². The molecular weight excluding hydrogens is 478 g/mol. The van der Waals surface area contributed by atoms with E-state index in [-0.39, 0.29) is 10.7 Å². The van der Waals surface area contributed by atoms with Gasteiger partial charge in [0.15, 0.2) is 5.11 Å². The monoisotopic (exact) mass is 505 g/mol. The van der Waals surface area contributed by atoms with Gasteiger partial charge in [0, 0.05) is 17.1 Å². The van der Waals surface area contributed by atoms with E-state index in [4.69, 9.17) is 12.2 Å². The summed E-state index contributed by atoms with van der Waals surface area (Å²) in [5.41, 5.74) is 8.75. The lowest BCUT2D eigenvalue weighted by molar-refractivity contribution is -0.122. The van der Waals surface area contributed by atoms with Gasteiger partial charge in [-0.25, -0.2) is 0 Å². The predicted octanol–water partition coefficient (Wildman–Crippen LogP) is 6.21. The molecule has 5 rings (SSSR count). The third-order valence-electron chi connectivity index (χ3n) is 6.70. The maximum absolute atomic E-state index is 13.5. The molecule has 184 valence electrons. The van der Waals surface area contributed by atoms with E-state index in [2.05, 4.69) is 46.3 Å². The van der Waals surface area contributed by atoms with Crippen molar-refractivity contribution in [1.29, 1.82) is 0 Å². The Hall–Kier alpha value is -4.29. The maximum atomic E-state index is 13.5. The highest BCUT2D eigenvalue weighted by Crippen LogP contribution is 2.29. The van der Waals surface area contributed by atoms with Gasteiger partial charge in [-0.2, -0.15) is 0 Å². The van der Waals surface area contributed by atoms with Crippen LogP contribution in [0.2, 0.25) is 0 Å². The van der Waals surface area contributed by atoms with E-state index in [9.17, 15) is 9.59 Å². The summed E-state index contributed by atoms with van der Waals surface area (Å²) in [7, 11) is 0. The SMILES string of the molecule is Cc1ccc(N2C(=O)/C(=C\c3cc(C)n(-c4ccc(-c5ccccc5)cc4)c3C)C(=O)NC2=S)c(C)c1. The van der Waals surface area contributed by atoms with Gasteiger partial charge in [-0.05, 0) is 92.5 Å². The summed E-state index contributed by atoms with van der Waals surface area (Å²) >= 11 is 5.38. The smallest absolute Gasteiger partial charge is 0.270 e. The molecule has 0 bridgehead atoms. The van der Waals surface area contributed by atoms with Crippen molar-refractivity contribution >= 4 is 40.9 Å². The Balaban J connectivity index is 1.50. The Kier molecular flexibility index (Phi) is 6.36. The van der Waals surface area contributed by atoms with Gasteiger partial charge in [-0.3, -0.25) is 19.8 Å². The fourth-order valence-electron chi connectivity index (χ4n) is 4.85. The van der Waals surface area contributed by atoms with E-state index in [0.29, 0.717) is 5.69 Å². The van der Waals surface area contributed by atoms with E-state index in [1.807, 2.05) is 70.2 Å². The van der Waals surface area contributed by atoms with Crippen LogP contribution in [0.3, 0.4) is 0 Å². The normalized spacial score (nSPS) is 14.9. The Labute approximate surface area is 222 Å². The third kappa shape index (κ3) is 4.52. The molecule has 1 fully saturated rings. The molecule has 37 heavy (non-hydrogen) atoms. The second kappa shape index (κ2) is 9.64. The van der Waals surface area contributed by atoms with E-state index >= 15 is 0 Å². The first-order chi connectivity index (χ1) is 17.7. The predicted molar refractivity (Wildman–Crippen MR) is 153 cm³/mol. The highest BCUT2D eigenvalue weighted by molar-refractivity contribution is 7.80. The standard InChI is InChI=1S/C31H27N3O2S/c1-19-10-15-28(20(2)16-19)34-30(36)27(29(35)32-31(34)37)18-25-17-21(3)33(22(25)4)26-13-11-24(12-14-26)23-8-6-5-7-9-23/h5-18H,1-4H3,(H,32,35,37)/b27-18-. The lowest BCUT2D eigenvalue weighted by atomic mass is 10.0. The summed E-state index contributed by atoms with van der Waals surface area (Å²) in [6.07, 6.45) is 1.66. The molecule has 3 aromatic carbocycles. The van der Waals surface area contributed by atoms with Crippen molar-refractivity contribution in [2.75, 3.05) is 4.90 Å². The number of hydrogen-bond donors (Lipinski definition) is 1. The van der Waals surface area contributed by atoms with Crippen molar-refractivity contribution in [1.82, 2.24) is 9.88 Å². The molecule has 0 unspecified atom stereocenters. The summed E-state index contributed by atoms with van der Waals surface area (Å²) in [4.78, 5) is 27.8. The summed E-state index contributed by atoms with van der Waals surface area (Å²) in [6.45, 7) is 7.92. The van der Waals surface area contributed by atoms with Crippen molar-refractivity contribution in [3.05, 3.63) is 113 Å². The van der Waals surface area contributed by atoms with Crippen LogP contribution in [0.15, 0.2) is 84.4 Å². The third-order valence-corrected chi connectivity index (χ3v) is 6.98. The highest BCUT2D eigenvalue weighted by Gasteiger charge is 2.35. The Morgan fingerprint density at radius 1 is 0.811 bits per heavy atom. The van der Waals surface area contributed by atoms with Gasteiger partial charge in [-0.1, -0.05) is 60.2 Å². The van der Waals surface area contributed by atoms with Crippen LogP contribution in [0, 0.1) is 27.7 Å². The zero-order valence-electron chi connectivity index (χ0n) is 21.2. The zero-order chi connectivity index (χ0) is 26.3. The molecule has 1 aromatic heterocycles. The number of aromatic nitrogens is 1. The van der Waals surface area contributed by atoms with Crippen molar-refractivity contribution in [3.63, 3.8) is 0 Å². The van der Waals surface area contributed by atoms with E-state index in [1.54, 1.807) is 6.08 Å². The molecule has 6 heteroatoms. The Morgan fingerprint density at radius 2 is 1.49 bits per heavy atom. The molecule has 1 N–H and O–H groups in total. The van der Waals surface area contributed by atoms with Crippen LogP contribution in [0.4, 0.5) is 5.69 Å². The molecule has 1 aliphatic heterocycles. The molecule has 0 saturated carbocycles. The molecule has 1 aliphatic rings. The number of aryl methyl sites for hydroxylation is 3. The largest absolute Gasteiger partial charge is 0.318 e. The molecular formula is C31H27N3O2S. The number of carbonyl (C=O) groups is 2. The number of amides is 2. The first-order valence-corrected chi connectivity index (χ1v) is 12.5. The molecule has 5 nitrogen and oxygen atoms in total. The number of carbonyl (C=O) groups excluding carboxylic acids is 2. The summed E-state index contributed by atoms with van der Waals surface area (Å²) in [5.74, 6) is -0.925. The first-order valence-electron chi connectivity index (χ1n) is 12.1. The lowest BCUT2D eigenvalue weighted by Gasteiger charge is -2.30. The topological polar surface area (TPSA) is 54.3 Å². The van der Waals surface area contributed by atoms with E-state index < -0.39 is 11.8 Å². The van der Waals surface area contributed by atoms with Crippen LogP contribution >= 0.6 is 12.2 Å². The van der Waals surface area contributed by atoms with E-state index in [1.165, 1.54) is 4.90 Å². The van der Waals surface area contributed by atoms with Crippen LogP contribution < -0.4 is 10.2 Å². The molecule has 0 radical (unpaired) electrons. The van der Waals surface area contributed by atoms with Crippen molar-refractivity contribution in [2.24, 2.45) is 0 Å². The minimum atomic E-state index is -0.493. The average molecular weight is 506 g/mol. The second-order valence-corrected chi connectivity index (χ2v) is 9.71. The van der Waals surface area contributed by atoms with Crippen LogP contribution in [-0.4, -0.2) is 21.5 Å². The summed E-state index contributed by atoms with van der Waals surface area (Å²) in [6, 6.07) is 26.4. The molecule has 0 spiro atoms. The number of anilines is 1. The van der Waals surface area contributed by atoms with Gasteiger partial charge < -0.3 is 4.57 Å². The van der Waals surface area contributed by atoms with Crippen molar-refractivity contribution in [2.45, 2.75) is 27.7 Å². The quantitative estimate of drug-likeness (QED) is 0.204. The first kappa shape index (κ1) is 24.4. The summed E-state index contributed by atoms with van der Waals surface area (Å²) < 4.78 is 2.12. The summed E-state index contributed by atoms with van der Waals surface area (Å²) in [5, 5.41) is 2.77. The van der Waals surface area contributed by atoms with Crippen LogP contribution in [0.25, 0.3) is 22.9 Å². The maximum Gasteiger partial charge on any atom is 0.270 e. The highest BCUT2D eigenvalue weighted by atomic mass is 32.1. The lowest BCUT2D eigenvalue weighted by Crippen LogP contribution is -2.54.